The summed E-state index contributed by atoms with van der Waals surface area (Å²) in [5, 5.41) is 7.29. The second-order valence-electron chi connectivity index (χ2n) is 6.51. The highest BCUT2D eigenvalue weighted by atomic mass is 16.3. The number of carbonyl (C=O) groups is 1. The molecule has 0 saturated heterocycles. The van der Waals surface area contributed by atoms with E-state index in [1.54, 1.807) is 4.68 Å². The number of fused-ring (bicyclic) bond motifs is 1. The fraction of sp³-hybridized carbons (Fsp3) is 0.389. The molecule has 0 spiro atoms. The van der Waals surface area contributed by atoms with Crippen molar-refractivity contribution in [2.24, 2.45) is 7.05 Å². The van der Waals surface area contributed by atoms with Gasteiger partial charge in [-0.15, -0.1) is 0 Å². The SMILES string of the molecule is Cc1nn(C)c(C)c1CC(=O)Nc1ccc2oc(C3CC3)nc2c1. The van der Waals surface area contributed by atoms with Gasteiger partial charge in [0.2, 0.25) is 5.91 Å². The third-order valence-corrected chi connectivity index (χ3v) is 4.61. The number of nitrogens with zero attached hydrogens (tertiary/aromatic N) is 3. The molecule has 4 rings (SSSR count). The molecule has 1 N–H and O–H groups in total. The normalized spacial score (nSPS) is 14.3. The second-order valence-corrected chi connectivity index (χ2v) is 6.51. The minimum Gasteiger partial charge on any atom is -0.440 e. The Labute approximate surface area is 139 Å². The van der Waals surface area contributed by atoms with Gasteiger partial charge in [0.15, 0.2) is 11.5 Å². The third kappa shape index (κ3) is 2.68. The number of hydrogen-bond acceptors (Lipinski definition) is 4. The summed E-state index contributed by atoms with van der Waals surface area (Å²) in [6, 6.07) is 5.58. The molecule has 0 aliphatic heterocycles. The molecule has 6 nitrogen and oxygen atoms in total. The van der Waals surface area contributed by atoms with Crippen molar-refractivity contribution >= 4 is 22.7 Å². The van der Waals surface area contributed by atoms with Crippen LogP contribution in [0, 0.1) is 13.8 Å². The summed E-state index contributed by atoms with van der Waals surface area (Å²) in [6.45, 7) is 3.90. The quantitative estimate of drug-likeness (QED) is 0.799. The Bertz CT molecular complexity index is 934. The van der Waals surface area contributed by atoms with Crippen LogP contribution in [0.25, 0.3) is 11.1 Å². The van der Waals surface area contributed by atoms with Gasteiger partial charge in [0.1, 0.15) is 5.52 Å². The van der Waals surface area contributed by atoms with Crippen LogP contribution in [0.4, 0.5) is 5.69 Å². The summed E-state index contributed by atoms with van der Waals surface area (Å²) in [4.78, 5) is 16.9. The number of benzene rings is 1. The Morgan fingerprint density at radius 2 is 2.17 bits per heavy atom. The number of oxazole rings is 1. The van der Waals surface area contributed by atoms with Gasteiger partial charge in [0.25, 0.3) is 0 Å². The standard InChI is InChI=1S/C18H20N4O2/c1-10-14(11(2)22(3)21-10)9-17(23)19-13-6-7-16-15(8-13)20-18(24-16)12-4-5-12/h6-8,12H,4-5,9H2,1-3H3,(H,19,23). The smallest absolute Gasteiger partial charge is 0.228 e. The summed E-state index contributed by atoms with van der Waals surface area (Å²) >= 11 is 0. The summed E-state index contributed by atoms with van der Waals surface area (Å²) in [5.41, 5.74) is 5.20. The fourth-order valence-corrected chi connectivity index (χ4v) is 2.97. The molecule has 2 aromatic heterocycles. The molecule has 3 aromatic rings. The average Bonchev–Trinajstić information content (AvgIpc) is 3.26. The van der Waals surface area contributed by atoms with Crippen molar-refractivity contribution in [1.82, 2.24) is 14.8 Å². The first-order chi connectivity index (χ1) is 11.5. The molecule has 2 heterocycles. The van der Waals surface area contributed by atoms with E-state index in [0.717, 1.165) is 52.5 Å². The van der Waals surface area contributed by atoms with Crippen LogP contribution >= 0.6 is 0 Å². The van der Waals surface area contributed by atoms with Gasteiger partial charge < -0.3 is 9.73 Å². The lowest BCUT2D eigenvalue weighted by Gasteiger charge is -2.05. The van der Waals surface area contributed by atoms with Crippen LogP contribution in [-0.2, 0) is 18.3 Å². The van der Waals surface area contributed by atoms with Gasteiger partial charge >= 0.3 is 0 Å². The molecule has 0 bridgehead atoms. The van der Waals surface area contributed by atoms with E-state index in [4.69, 9.17) is 4.42 Å². The molecule has 1 aliphatic rings. The number of rotatable bonds is 4. The maximum atomic E-state index is 12.4. The summed E-state index contributed by atoms with van der Waals surface area (Å²) < 4.78 is 7.55. The van der Waals surface area contributed by atoms with E-state index < -0.39 is 0 Å². The number of anilines is 1. The Hall–Kier alpha value is -2.63. The van der Waals surface area contributed by atoms with E-state index in [9.17, 15) is 4.79 Å². The lowest BCUT2D eigenvalue weighted by molar-refractivity contribution is -0.115. The molecule has 1 aromatic carbocycles. The van der Waals surface area contributed by atoms with Crippen LogP contribution < -0.4 is 5.32 Å². The van der Waals surface area contributed by atoms with Gasteiger partial charge in [-0.2, -0.15) is 5.10 Å². The second kappa shape index (κ2) is 5.47. The largest absolute Gasteiger partial charge is 0.440 e. The van der Waals surface area contributed by atoms with E-state index in [2.05, 4.69) is 15.4 Å². The average molecular weight is 324 g/mol. The van der Waals surface area contributed by atoms with Gasteiger partial charge in [0, 0.05) is 29.9 Å². The number of amides is 1. The van der Waals surface area contributed by atoms with E-state index in [0.29, 0.717) is 12.3 Å². The Morgan fingerprint density at radius 3 is 2.83 bits per heavy atom. The molecule has 1 amide bonds. The number of aromatic nitrogens is 3. The molecule has 1 saturated carbocycles. The molecule has 1 fully saturated rings. The van der Waals surface area contributed by atoms with Crippen molar-refractivity contribution in [2.75, 3.05) is 5.32 Å². The molecule has 1 aliphatic carbocycles. The predicted octanol–water partition coefficient (Wildman–Crippen LogP) is 3.24. The summed E-state index contributed by atoms with van der Waals surface area (Å²) in [7, 11) is 1.89. The Balaban J connectivity index is 1.51. The maximum Gasteiger partial charge on any atom is 0.228 e. The van der Waals surface area contributed by atoms with Gasteiger partial charge in [-0.3, -0.25) is 9.48 Å². The summed E-state index contributed by atoms with van der Waals surface area (Å²) in [6.07, 6.45) is 2.62. The zero-order valence-electron chi connectivity index (χ0n) is 14.1. The first-order valence-electron chi connectivity index (χ1n) is 8.20. The Kier molecular flexibility index (Phi) is 3.40. The van der Waals surface area contributed by atoms with Gasteiger partial charge in [-0.05, 0) is 44.9 Å². The molecule has 124 valence electrons. The van der Waals surface area contributed by atoms with Crippen LogP contribution in [0.5, 0.6) is 0 Å². The van der Waals surface area contributed by atoms with Crippen molar-refractivity contribution < 1.29 is 9.21 Å². The van der Waals surface area contributed by atoms with E-state index in [1.165, 1.54) is 0 Å². The monoisotopic (exact) mass is 324 g/mol. The van der Waals surface area contributed by atoms with Crippen molar-refractivity contribution in [2.45, 2.75) is 39.0 Å². The van der Waals surface area contributed by atoms with Crippen molar-refractivity contribution in [3.05, 3.63) is 41.0 Å². The van der Waals surface area contributed by atoms with E-state index >= 15 is 0 Å². The van der Waals surface area contributed by atoms with Gasteiger partial charge in [0.05, 0.1) is 12.1 Å². The first-order valence-corrected chi connectivity index (χ1v) is 8.20. The fourth-order valence-electron chi connectivity index (χ4n) is 2.97. The molecule has 24 heavy (non-hydrogen) atoms. The molecular weight excluding hydrogens is 304 g/mol. The van der Waals surface area contributed by atoms with Crippen LogP contribution in [0.3, 0.4) is 0 Å². The highest BCUT2D eigenvalue weighted by molar-refractivity contribution is 5.94. The van der Waals surface area contributed by atoms with Crippen molar-refractivity contribution in [3.8, 4) is 0 Å². The highest BCUT2D eigenvalue weighted by Crippen LogP contribution is 2.40. The van der Waals surface area contributed by atoms with Crippen LogP contribution in [0.2, 0.25) is 0 Å². The number of nitrogens with one attached hydrogen (secondary N) is 1. The van der Waals surface area contributed by atoms with Crippen LogP contribution in [0.15, 0.2) is 22.6 Å². The molecular formula is C18H20N4O2. The lowest BCUT2D eigenvalue weighted by Crippen LogP contribution is -2.15. The number of hydrogen-bond donors (Lipinski definition) is 1. The zero-order chi connectivity index (χ0) is 16.8. The molecule has 0 unspecified atom stereocenters. The minimum atomic E-state index is -0.0561. The van der Waals surface area contributed by atoms with E-state index in [1.807, 2.05) is 39.1 Å². The Morgan fingerprint density at radius 1 is 1.38 bits per heavy atom. The molecule has 0 atom stereocenters. The van der Waals surface area contributed by atoms with Crippen LogP contribution in [-0.4, -0.2) is 20.7 Å². The van der Waals surface area contributed by atoms with E-state index in [-0.39, 0.29) is 5.91 Å². The summed E-state index contributed by atoms with van der Waals surface area (Å²) in [5.74, 6) is 1.24. The number of aryl methyl sites for hydroxylation is 2. The third-order valence-electron chi connectivity index (χ3n) is 4.61. The molecule has 0 radical (unpaired) electrons. The van der Waals surface area contributed by atoms with Crippen molar-refractivity contribution in [3.63, 3.8) is 0 Å². The first kappa shape index (κ1) is 14.9. The minimum absolute atomic E-state index is 0.0561. The predicted molar refractivity (Wildman–Crippen MR) is 91.0 cm³/mol. The number of carbonyl (C=O) groups excluding carboxylic acids is 1. The van der Waals surface area contributed by atoms with Crippen molar-refractivity contribution in [1.29, 1.82) is 0 Å². The van der Waals surface area contributed by atoms with Gasteiger partial charge in [-0.25, -0.2) is 4.98 Å². The van der Waals surface area contributed by atoms with Gasteiger partial charge in [-0.1, -0.05) is 0 Å². The highest BCUT2D eigenvalue weighted by Gasteiger charge is 2.28. The van der Waals surface area contributed by atoms with Crippen LogP contribution in [0.1, 0.15) is 41.6 Å². The molecule has 6 heteroatoms. The lowest BCUT2D eigenvalue weighted by atomic mass is 10.1. The maximum absolute atomic E-state index is 12.4. The zero-order valence-corrected chi connectivity index (χ0v) is 14.1. The topological polar surface area (TPSA) is 73.0 Å².